The van der Waals surface area contributed by atoms with Crippen LogP contribution in [-0.2, 0) is 0 Å². The third-order valence-electron chi connectivity index (χ3n) is 8.13. The molecule has 4 heterocycles. The zero-order chi connectivity index (χ0) is 24.8. The molecule has 0 unspecified atom stereocenters. The third-order valence-corrected chi connectivity index (χ3v) is 8.13. The lowest BCUT2D eigenvalue weighted by Crippen LogP contribution is -1.93. The third kappa shape index (κ3) is 2.50. The molecule has 9 rings (SSSR count). The number of benzene rings is 5. The number of para-hydroxylation sites is 3. The largest absolute Gasteiger partial charge is 0.308 e. The molecule has 3 heteroatoms. The molecule has 176 valence electrons. The molecule has 0 spiro atoms. The van der Waals surface area contributed by atoms with Crippen LogP contribution >= 0.6 is 0 Å². The topological polar surface area (TPSA) is 22.2 Å². The average Bonchev–Trinajstić information content (AvgIpc) is 3.62. The van der Waals surface area contributed by atoms with E-state index in [9.17, 15) is 0 Å². The number of rotatable bonds is 2. The molecule has 38 heavy (non-hydrogen) atoms. The first kappa shape index (κ1) is 20.0. The minimum atomic E-state index is 1.08. The van der Waals surface area contributed by atoms with Gasteiger partial charge in [-0.15, -0.1) is 0 Å². The summed E-state index contributed by atoms with van der Waals surface area (Å²) in [5.74, 6) is 0. The van der Waals surface area contributed by atoms with Gasteiger partial charge < -0.3 is 8.97 Å². The zero-order valence-electron chi connectivity index (χ0n) is 20.5. The van der Waals surface area contributed by atoms with Crippen molar-refractivity contribution in [3.63, 3.8) is 0 Å². The Morgan fingerprint density at radius 1 is 0.447 bits per heavy atom. The maximum absolute atomic E-state index is 4.38. The molecule has 0 saturated carbocycles. The highest BCUT2D eigenvalue weighted by atomic mass is 15.0. The summed E-state index contributed by atoms with van der Waals surface area (Å²) in [6.07, 6.45) is 3.75. The first-order valence-electron chi connectivity index (χ1n) is 13.0. The molecule has 0 N–H and O–H groups in total. The SMILES string of the molecule is c1cncc(-n2c3ccccc3c3cc(-c4ccc5c(c4)c4cccc6c7ccccc7n5c64)ccc32)c1. The predicted molar refractivity (Wildman–Crippen MR) is 159 cm³/mol. The van der Waals surface area contributed by atoms with Crippen molar-refractivity contribution in [1.29, 1.82) is 0 Å². The molecule has 0 aliphatic heterocycles. The van der Waals surface area contributed by atoms with E-state index in [1.54, 1.807) is 0 Å². The average molecular weight is 484 g/mol. The summed E-state index contributed by atoms with van der Waals surface area (Å²) in [6.45, 7) is 0. The van der Waals surface area contributed by atoms with Gasteiger partial charge in [-0.3, -0.25) is 4.98 Å². The van der Waals surface area contributed by atoms with Gasteiger partial charge in [0.15, 0.2) is 0 Å². The highest BCUT2D eigenvalue weighted by Crippen LogP contribution is 2.41. The Morgan fingerprint density at radius 3 is 1.79 bits per heavy atom. The quantitative estimate of drug-likeness (QED) is 0.240. The van der Waals surface area contributed by atoms with Gasteiger partial charge in [-0.2, -0.15) is 0 Å². The van der Waals surface area contributed by atoms with Crippen molar-refractivity contribution in [2.45, 2.75) is 0 Å². The number of aromatic nitrogens is 3. The van der Waals surface area contributed by atoms with Gasteiger partial charge in [0, 0.05) is 38.5 Å². The fourth-order valence-corrected chi connectivity index (χ4v) is 6.53. The van der Waals surface area contributed by atoms with Crippen molar-refractivity contribution in [3.05, 3.63) is 128 Å². The summed E-state index contributed by atoms with van der Waals surface area (Å²) in [6, 6.07) is 42.0. The van der Waals surface area contributed by atoms with Crippen molar-refractivity contribution < 1.29 is 0 Å². The second-order valence-electron chi connectivity index (χ2n) is 10.1. The first-order chi connectivity index (χ1) is 18.9. The number of hydrogen-bond acceptors (Lipinski definition) is 1. The summed E-state index contributed by atoms with van der Waals surface area (Å²) < 4.78 is 4.74. The number of hydrogen-bond donors (Lipinski definition) is 0. The molecule has 0 saturated heterocycles. The van der Waals surface area contributed by atoms with E-state index in [0.29, 0.717) is 0 Å². The lowest BCUT2D eigenvalue weighted by atomic mass is 10.00. The molecule has 0 bridgehead atoms. The molecule has 0 fully saturated rings. The fraction of sp³-hybridized carbons (Fsp3) is 0. The van der Waals surface area contributed by atoms with Gasteiger partial charge in [0.2, 0.25) is 0 Å². The highest BCUT2D eigenvalue weighted by molar-refractivity contribution is 6.23. The van der Waals surface area contributed by atoms with E-state index in [-0.39, 0.29) is 0 Å². The molecule has 0 aliphatic carbocycles. The minimum absolute atomic E-state index is 1.08. The maximum atomic E-state index is 4.38. The van der Waals surface area contributed by atoms with Crippen LogP contribution in [0.4, 0.5) is 0 Å². The lowest BCUT2D eigenvalue weighted by molar-refractivity contribution is 1.14. The van der Waals surface area contributed by atoms with Crippen molar-refractivity contribution in [2.24, 2.45) is 0 Å². The molecular weight excluding hydrogens is 462 g/mol. The normalized spacial score (nSPS) is 12.2. The van der Waals surface area contributed by atoms with Crippen LogP contribution in [0.15, 0.2) is 128 Å². The Morgan fingerprint density at radius 2 is 1.03 bits per heavy atom. The van der Waals surface area contributed by atoms with Gasteiger partial charge in [-0.1, -0.05) is 66.7 Å². The van der Waals surface area contributed by atoms with E-state index in [0.717, 1.165) is 5.69 Å². The zero-order valence-corrected chi connectivity index (χ0v) is 20.5. The van der Waals surface area contributed by atoms with Crippen molar-refractivity contribution in [2.75, 3.05) is 0 Å². The second-order valence-corrected chi connectivity index (χ2v) is 10.1. The van der Waals surface area contributed by atoms with Gasteiger partial charge in [0.1, 0.15) is 0 Å². The Bertz CT molecular complexity index is 2340. The summed E-state index contributed by atoms with van der Waals surface area (Å²) in [5, 5.41) is 7.75. The van der Waals surface area contributed by atoms with Gasteiger partial charge in [0.25, 0.3) is 0 Å². The van der Waals surface area contributed by atoms with Crippen molar-refractivity contribution in [3.8, 4) is 16.8 Å². The van der Waals surface area contributed by atoms with Crippen molar-refractivity contribution in [1.82, 2.24) is 14.0 Å². The summed E-state index contributed by atoms with van der Waals surface area (Å²) in [4.78, 5) is 4.38. The van der Waals surface area contributed by atoms with Gasteiger partial charge >= 0.3 is 0 Å². The van der Waals surface area contributed by atoms with Crippen LogP contribution < -0.4 is 0 Å². The molecule has 5 aromatic carbocycles. The van der Waals surface area contributed by atoms with Gasteiger partial charge in [-0.25, -0.2) is 0 Å². The smallest absolute Gasteiger partial charge is 0.0645 e. The predicted octanol–water partition coefficient (Wildman–Crippen LogP) is 9.00. The van der Waals surface area contributed by atoms with Crippen LogP contribution in [0.5, 0.6) is 0 Å². The van der Waals surface area contributed by atoms with Crippen molar-refractivity contribution >= 4 is 59.9 Å². The second kappa shape index (κ2) is 7.21. The molecule has 0 radical (unpaired) electrons. The fourth-order valence-electron chi connectivity index (χ4n) is 6.53. The van der Waals surface area contributed by atoms with Crippen LogP contribution in [-0.4, -0.2) is 14.0 Å². The molecule has 9 aromatic rings. The first-order valence-corrected chi connectivity index (χ1v) is 13.0. The molecule has 4 aromatic heterocycles. The standard InChI is InChI=1S/C35H21N3/c1-4-13-32-25(8-1)27-10-5-11-28-30-20-23(15-17-34(30)38(32)35(27)28)22-14-16-33-29(19-22)26-9-2-3-12-31(26)37(33)24-7-6-18-36-21-24/h1-21H. The van der Waals surface area contributed by atoms with E-state index >= 15 is 0 Å². The van der Waals surface area contributed by atoms with E-state index in [1.807, 2.05) is 18.5 Å². The summed E-state index contributed by atoms with van der Waals surface area (Å²) in [5.41, 5.74) is 9.76. The number of pyridine rings is 1. The Labute approximate surface area is 218 Å². The number of fused-ring (bicyclic) bond motifs is 9. The van der Waals surface area contributed by atoms with Crippen LogP contribution in [0.2, 0.25) is 0 Å². The molecule has 3 nitrogen and oxygen atoms in total. The van der Waals surface area contributed by atoms with E-state index < -0.39 is 0 Å². The molecule has 0 aliphatic rings. The Kier molecular flexibility index (Phi) is 3.79. The molecule has 0 amide bonds. The molecule has 0 atom stereocenters. The van der Waals surface area contributed by atoms with Crippen LogP contribution in [0.25, 0.3) is 76.7 Å². The van der Waals surface area contributed by atoms with E-state index in [4.69, 9.17) is 0 Å². The van der Waals surface area contributed by atoms with Gasteiger partial charge in [-0.05, 0) is 59.7 Å². The Balaban J connectivity index is 1.31. The van der Waals surface area contributed by atoms with Crippen LogP contribution in [0.1, 0.15) is 0 Å². The maximum Gasteiger partial charge on any atom is 0.0645 e. The van der Waals surface area contributed by atoms with Crippen LogP contribution in [0.3, 0.4) is 0 Å². The minimum Gasteiger partial charge on any atom is -0.308 e. The molecular formula is C35H21N3. The van der Waals surface area contributed by atoms with Gasteiger partial charge in [0.05, 0.1) is 39.5 Å². The number of nitrogens with zero attached hydrogens (tertiary/aromatic N) is 3. The lowest BCUT2D eigenvalue weighted by Gasteiger charge is -2.08. The summed E-state index contributed by atoms with van der Waals surface area (Å²) in [7, 11) is 0. The van der Waals surface area contributed by atoms with Crippen LogP contribution in [0, 0.1) is 0 Å². The van der Waals surface area contributed by atoms with E-state index in [2.05, 4.69) is 123 Å². The monoisotopic (exact) mass is 483 g/mol. The summed E-state index contributed by atoms with van der Waals surface area (Å²) >= 11 is 0. The highest BCUT2D eigenvalue weighted by Gasteiger charge is 2.18. The van der Waals surface area contributed by atoms with E-state index in [1.165, 1.54) is 71.0 Å². The Hall–Kier alpha value is -5.15.